The Hall–Kier alpha value is -2.21. The van der Waals surface area contributed by atoms with Gasteiger partial charge < -0.3 is 14.6 Å². The van der Waals surface area contributed by atoms with Crippen molar-refractivity contribution in [2.45, 2.75) is 13.0 Å². The summed E-state index contributed by atoms with van der Waals surface area (Å²) in [5, 5.41) is 11.1. The number of hydrogen-bond donors (Lipinski definition) is 1. The number of benzene rings is 1. The number of rotatable bonds is 6. The van der Waals surface area contributed by atoms with E-state index in [1.807, 2.05) is 29.8 Å². The van der Waals surface area contributed by atoms with Gasteiger partial charge in [0.05, 0.1) is 12.7 Å². The van der Waals surface area contributed by atoms with Crippen LogP contribution in [0, 0.1) is 0 Å². The first-order valence-corrected chi connectivity index (χ1v) is 6.42. The number of esters is 1. The van der Waals surface area contributed by atoms with E-state index in [0.29, 0.717) is 12.1 Å². The van der Waals surface area contributed by atoms with E-state index in [0.717, 1.165) is 24.4 Å². The van der Waals surface area contributed by atoms with Crippen molar-refractivity contribution in [1.29, 1.82) is 0 Å². The van der Waals surface area contributed by atoms with Crippen molar-refractivity contribution in [1.82, 2.24) is 20.1 Å². The number of hydrogen-bond acceptors (Lipinski definition) is 5. The van der Waals surface area contributed by atoms with Gasteiger partial charge >= 0.3 is 5.97 Å². The smallest absolute Gasteiger partial charge is 0.338 e. The predicted molar refractivity (Wildman–Crippen MR) is 74.2 cm³/mol. The van der Waals surface area contributed by atoms with Crippen molar-refractivity contribution in [3.05, 3.63) is 47.5 Å². The van der Waals surface area contributed by atoms with Crippen LogP contribution in [-0.4, -0.2) is 34.4 Å². The molecule has 0 aliphatic carbocycles. The van der Waals surface area contributed by atoms with E-state index < -0.39 is 0 Å². The van der Waals surface area contributed by atoms with E-state index in [2.05, 4.69) is 15.5 Å². The fraction of sp³-hybridized carbons (Fsp3) is 0.357. The van der Waals surface area contributed by atoms with Crippen LogP contribution in [0.3, 0.4) is 0 Å². The normalized spacial score (nSPS) is 10.5. The first-order valence-electron chi connectivity index (χ1n) is 6.42. The minimum absolute atomic E-state index is 0.310. The Labute approximate surface area is 117 Å². The molecule has 0 fully saturated rings. The number of aryl methyl sites for hydroxylation is 1. The van der Waals surface area contributed by atoms with Gasteiger partial charge in [-0.1, -0.05) is 18.2 Å². The molecule has 106 valence electrons. The zero-order valence-electron chi connectivity index (χ0n) is 11.7. The fourth-order valence-corrected chi connectivity index (χ4v) is 1.94. The molecular formula is C14H18N4O2. The molecule has 0 aliphatic heterocycles. The lowest BCUT2D eigenvalue weighted by atomic mass is 10.1. The van der Waals surface area contributed by atoms with Crippen molar-refractivity contribution < 1.29 is 9.53 Å². The summed E-state index contributed by atoms with van der Waals surface area (Å²) in [6.07, 6.45) is 2.47. The molecule has 0 unspecified atom stereocenters. The van der Waals surface area contributed by atoms with Crippen LogP contribution in [0.4, 0.5) is 0 Å². The molecule has 0 saturated carbocycles. The van der Waals surface area contributed by atoms with Crippen molar-refractivity contribution in [2.24, 2.45) is 7.05 Å². The second kappa shape index (κ2) is 6.81. The summed E-state index contributed by atoms with van der Waals surface area (Å²) in [5.74, 6) is 0.620. The molecule has 0 bridgehead atoms. The Morgan fingerprint density at radius 2 is 2.20 bits per heavy atom. The van der Waals surface area contributed by atoms with E-state index in [1.54, 1.807) is 12.4 Å². The summed E-state index contributed by atoms with van der Waals surface area (Å²) in [5.41, 5.74) is 1.53. The molecule has 2 aromatic rings. The number of aromatic nitrogens is 3. The van der Waals surface area contributed by atoms with Crippen LogP contribution in [-0.2, 0) is 24.8 Å². The van der Waals surface area contributed by atoms with Crippen molar-refractivity contribution >= 4 is 5.97 Å². The SMILES string of the molecule is COC(=O)c1ccccc1CNCCc1nncn1C. The topological polar surface area (TPSA) is 69.0 Å². The largest absolute Gasteiger partial charge is 0.465 e. The van der Waals surface area contributed by atoms with Crippen LogP contribution in [0.15, 0.2) is 30.6 Å². The van der Waals surface area contributed by atoms with E-state index >= 15 is 0 Å². The fourth-order valence-electron chi connectivity index (χ4n) is 1.94. The number of carbonyl (C=O) groups is 1. The zero-order valence-corrected chi connectivity index (χ0v) is 11.7. The van der Waals surface area contributed by atoms with E-state index in [4.69, 9.17) is 4.74 Å². The predicted octanol–water partition coefficient (Wildman–Crippen LogP) is 0.934. The monoisotopic (exact) mass is 274 g/mol. The highest BCUT2D eigenvalue weighted by Crippen LogP contribution is 2.09. The molecule has 6 heteroatoms. The highest BCUT2D eigenvalue weighted by molar-refractivity contribution is 5.90. The lowest BCUT2D eigenvalue weighted by Crippen LogP contribution is -2.20. The molecule has 20 heavy (non-hydrogen) atoms. The molecule has 1 aromatic carbocycles. The highest BCUT2D eigenvalue weighted by Gasteiger charge is 2.10. The van der Waals surface area contributed by atoms with E-state index in [9.17, 15) is 4.79 Å². The third-order valence-corrected chi connectivity index (χ3v) is 3.07. The number of methoxy groups -OCH3 is 1. The maximum absolute atomic E-state index is 11.6. The Morgan fingerprint density at radius 1 is 1.40 bits per heavy atom. The quantitative estimate of drug-likeness (QED) is 0.627. The lowest BCUT2D eigenvalue weighted by molar-refractivity contribution is 0.0599. The summed E-state index contributed by atoms with van der Waals surface area (Å²) in [4.78, 5) is 11.6. The Bertz CT molecular complexity index is 580. The van der Waals surface area contributed by atoms with Crippen LogP contribution in [0.25, 0.3) is 0 Å². The molecule has 2 rings (SSSR count). The number of nitrogens with one attached hydrogen (secondary N) is 1. The minimum atomic E-state index is -0.310. The van der Waals surface area contributed by atoms with Gasteiger partial charge in [0.2, 0.25) is 0 Å². The van der Waals surface area contributed by atoms with Gasteiger partial charge in [-0.2, -0.15) is 0 Å². The average molecular weight is 274 g/mol. The van der Waals surface area contributed by atoms with Crippen LogP contribution in [0.1, 0.15) is 21.7 Å². The highest BCUT2D eigenvalue weighted by atomic mass is 16.5. The Balaban J connectivity index is 1.88. The van der Waals surface area contributed by atoms with Gasteiger partial charge in [0.25, 0.3) is 0 Å². The van der Waals surface area contributed by atoms with Crippen LogP contribution >= 0.6 is 0 Å². The maximum atomic E-state index is 11.6. The van der Waals surface area contributed by atoms with Gasteiger partial charge in [-0.3, -0.25) is 0 Å². The third-order valence-electron chi connectivity index (χ3n) is 3.07. The molecule has 0 amide bonds. The summed E-state index contributed by atoms with van der Waals surface area (Å²) in [6.45, 7) is 1.38. The average Bonchev–Trinajstić information content (AvgIpc) is 2.88. The first-order chi connectivity index (χ1) is 9.72. The lowest BCUT2D eigenvalue weighted by Gasteiger charge is -2.09. The standard InChI is InChI=1S/C14H18N4O2/c1-18-10-16-17-13(18)7-8-15-9-11-5-3-4-6-12(11)14(19)20-2/h3-6,10,15H,7-9H2,1-2H3. The van der Waals surface area contributed by atoms with Gasteiger partial charge in [-0.15, -0.1) is 10.2 Å². The number of carbonyl (C=O) groups excluding carboxylic acids is 1. The maximum Gasteiger partial charge on any atom is 0.338 e. The second-order valence-corrected chi connectivity index (χ2v) is 4.43. The summed E-state index contributed by atoms with van der Waals surface area (Å²) in [7, 11) is 3.31. The van der Waals surface area contributed by atoms with Crippen molar-refractivity contribution in [3.63, 3.8) is 0 Å². The molecule has 0 spiro atoms. The summed E-state index contributed by atoms with van der Waals surface area (Å²) in [6, 6.07) is 7.43. The zero-order chi connectivity index (χ0) is 14.4. The molecule has 6 nitrogen and oxygen atoms in total. The summed E-state index contributed by atoms with van der Waals surface area (Å²) < 4.78 is 6.66. The Morgan fingerprint density at radius 3 is 2.90 bits per heavy atom. The van der Waals surface area contributed by atoms with Crippen LogP contribution in [0.2, 0.25) is 0 Å². The molecule has 1 N–H and O–H groups in total. The van der Waals surface area contributed by atoms with E-state index in [-0.39, 0.29) is 5.97 Å². The van der Waals surface area contributed by atoms with Gasteiger partial charge in [-0.05, 0) is 11.6 Å². The second-order valence-electron chi connectivity index (χ2n) is 4.43. The third kappa shape index (κ3) is 3.42. The van der Waals surface area contributed by atoms with Gasteiger partial charge in [0, 0.05) is 26.6 Å². The molecule has 0 aliphatic rings. The van der Waals surface area contributed by atoms with Crippen LogP contribution < -0.4 is 5.32 Å². The molecule has 0 saturated heterocycles. The molecule has 1 heterocycles. The number of ether oxygens (including phenoxy) is 1. The van der Waals surface area contributed by atoms with Gasteiger partial charge in [-0.25, -0.2) is 4.79 Å². The first kappa shape index (κ1) is 14.2. The summed E-state index contributed by atoms with van der Waals surface area (Å²) >= 11 is 0. The molecule has 0 atom stereocenters. The van der Waals surface area contributed by atoms with E-state index in [1.165, 1.54) is 7.11 Å². The molecule has 1 aromatic heterocycles. The molecular weight excluding hydrogens is 256 g/mol. The van der Waals surface area contributed by atoms with Crippen molar-refractivity contribution in [3.8, 4) is 0 Å². The van der Waals surface area contributed by atoms with Gasteiger partial charge in [0.15, 0.2) is 0 Å². The minimum Gasteiger partial charge on any atom is -0.465 e. The van der Waals surface area contributed by atoms with Crippen LogP contribution in [0.5, 0.6) is 0 Å². The molecule has 0 radical (unpaired) electrons. The van der Waals surface area contributed by atoms with Crippen molar-refractivity contribution in [2.75, 3.05) is 13.7 Å². The van der Waals surface area contributed by atoms with Gasteiger partial charge in [0.1, 0.15) is 12.2 Å². The Kier molecular flexibility index (Phi) is 4.84. The number of nitrogens with zero attached hydrogens (tertiary/aromatic N) is 3.